The van der Waals surface area contributed by atoms with E-state index in [0.717, 1.165) is 6.54 Å². The van der Waals surface area contributed by atoms with Crippen molar-refractivity contribution >= 4 is 6.21 Å². The van der Waals surface area contributed by atoms with Crippen molar-refractivity contribution in [1.29, 1.82) is 0 Å². The summed E-state index contributed by atoms with van der Waals surface area (Å²) in [4.78, 5) is 5.06. The molecule has 0 atom stereocenters. The van der Waals surface area contributed by atoms with Crippen LogP contribution in [0.2, 0.25) is 0 Å². The van der Waals surface area contributed by atoms with Gasteiger partial charge in [-0.15, -0.1) is 0 Å². The van der Waals surface area contributed by atoms with E-state index in [1.807, 2.05) is 25.7 Å². The third kappa shape index (κ3) is 1.03. The lowest BCUT2D eigenvalue weighted by molar-refractivity contribution is -0.372. The highest BCUT2D eigenvalue weighted by Crippen LogP contribution is 1.77. The lowest BCUT2D eigenvalue weighted by atomic mass is 10.6. The van der Waals surface area contributed by atoms with Gasteiger partial charge in [0.2, 0.25) is 0 Å². The van der Waals surface area contributed by atoms with Crippen LogP contribution < -0.4 is 4.99 Å². The van der Waals surface area contributed by atoms with Gasteiger partial charge in [0.15, 0.2) is 12.4 Å². The Morgan fingerprint density at radius 3 is 2.86 bits per heavy atom. The molecule has 0 radical (unpaired) electrons. The number of hydrogen-bond acceptors (Lipinski definition) is 1. The van der Waals surface area contributed by atoms with Gasteiger partial charge in [-0.05, 0) is 0 Å². The normalized spacial score (nSPS) is 18.1. The topological polar surface area (TPSA) is 17.2 Å². The smallest absolute Gasteiger partial charge is 0.182 e. The van der Waals surface area contributed by atoms with E-state index in [1.165, 1.54) is 0 Å². The highest BCUT2D eigenvalue weighted by molar-refractivity contribution is 5.53. The largest absolute Gasteiger partial charge is 0.366 e. The molecule has 0 aromatic heterocycles. The fourth-order valence-electron chi connectivity index (χ4n) is 0.496. The van der Waals surface area contributed by atoms with Crippen LogP contribution in [0.5, 0.6) is 0 Å². The summed E-state index contributed by atoms with van der Waals surface area (Å²) in [6.45, 7) is 0.997. The molecule has 0 saturated carbocycles. The molecule has 0 spiro atoms. The molecule has 1 aliphatic rings. The Morgan fingerprint density at radius 1 is 1.71 bits per heavy atom. The maximum Gasteiger partial charge on any atom is 0.182 e. The third-order valence-corrected chi connectivity index (χ3v) is 0.922. The van der Waals surface area contributed by atoms with Gasteiger partial charge in [-0.2, -0.15) is 0 Å². The highest BCUT2D eigenvalue weighted by atomic mass is 15.1. The van der Waals surface area contributed by atoms with Gasteiger partial charge in [-0.25, -0.2) is 4.99 Å². The summed E-state index contributed by atoms with van der Waals surface area (Å²) < 4.78 is 0. The Bertz CT molecular complexity index is 105. The van der Waals surface area contributed by atoms with Crippen molar-refractivity contribution in [3.63, 3.8) is 0 Å². The van der Waals surface area contributed by atoms with Crippen LogP contribution in [0.1, 0.15) is 0 Å². The molecule has 0 aromatic carbocycles. The summed E-state index contributed by atoms with van der Waals surface area (Å²) >= 11 is 0. The van der Waals surface area contributed by atoms with Crippen molar-refractivity contribution in [2.75, 3.05) is 13.6 Å². The van der Waals surface area contributed by atoms with Crippen LogP contribution in [0.4, 0.5) is 0 Å². The summed E-state index contributed by atoms with van der Waals surface area (Å²) in [5, 5.41) is 0. The molecular weight excluding hydrogens is 88.1 g/mol. The Hall–Kier alpha value is -0.790. The molecule has 1 aliphatic heterocycles. The van der Waals surface area contributed by atoms with E-state index in [-0.39, 0.29) is 0 Å². The van der Waals surface area contributed by atoms with E-state index in [9.17, 15) is 0 Å². The molecule has 0 unspecified atom stereocenters. The standard InChI is InChI=1S/C5H8N2/c1-7-4-2-6-3-5-7/h2-4H,5H2,1H3/p+1. The third-order valence-electron chi connectivity index (χ3n) is 0.922. The Labute approximate surface area is 43.2 Å². The molecule has 7 heavy (non-hydrogen) atoms. The van der Waals surface area contributed by atoms with Gasteiger partial charge in [-0.3, -0.25) is 0 Å². The molecule has 2 nitrogen and oxygen atoms in total. The average molecular weight is 97.1 g/mol. The number of hydrogen-bond donors (Lipinski definition) is 1. The van der Waals surface area contributed by atoms with Crippen molar-refractivity contribution in [2.24, 2.45) is 0 Å². The molecule has 0 amide bonds. The second-order valence-electron chi connectivity index (χ2n) is 1.63. The first-order chi connectivity index (χ1) is 3.39. The van der Waals surface area contributed by atoms with Crippen LogP contribution in [0.15, 0.2) is 12.4 Å². The lowest BCUT2D eigenvalue weighted by Crippen LogP contribution is -2.64. The average Bonchev–Trinajstić information content (AvgIpc) is 1.69. The van der Waals surface area contributed by atoms with Gasteiger partial charge >= 0.3 is 0 Å². The van der Waals surface area contributed by atoms with E-state index in [2.05, 4.69) is 9.89 Å². The molecule has 0 saturated heterocycles. The minimum atomic E-state index is 0.997. The van der Waals surface area contributed by atoms with Crippen LogP contribution in [0.25, 0.3) is 0 Å². The first kappa shape index (κ1) is 4.37. The van der Waals surface area contributed by atoms with Gasteiger partial charge in [-0.1, -0.05) is 0 Å². The monoisotopic (exact) mass is 97.1 g/mol. The minimum Gasteiger partial charge on any atom is -0.366 e. The summed E-state index contributed by atoms with van der Waals surface area (Å²) in [5.74, 6) is 0. The van der Waals surface area contributed by atoms with E-state index in [4.69, 9.17) is 0 Å². The molecule has 0 aromatic rings. The highest BCUT2D eigenvalue weighted by Gasteiger charge is 1.92. The van der Waals surface area contributed by atoms with Gasteiger partial charge in [0, 0.05) is 7.05 Å². The minimum absolute atomic E-state index is 0.997. The van der Waals surface area contributed by atoms with E-state index in [1.54, 1.807) is 0 Å². The summed E-state index contributed by atoms with van der Waals surface area (Å²) in [7, 11) is 2.04. The molecule has 0 fully saturated rings. The van der Waals surface area contributed by atoms with Crippen LogP contribution in [0, 0.1) is 0 Å². The summed E-state index contributed by atoms with van der Waals surface area (Å²) in [6.07, 6.45) is 5.91. The lowest BCUT2D eigenvalue weighted by Gasteiger charge is -2.07. The molecule has 0 aliphatic carbocycles. The van der Waals surface area contributed by atoms with Crippen molar-refractivity contribution in [3.8, 4) is 0 Å². The van der Waals surface area contributed by atoms with Crippen LogP contribution in [0.3, 0.4) is 0 Å². The zero-order chi connectivity index (χ0) is 5.11. The predicted octanol–water partition coefficient (Wildman–Crippen LogP) is -1.45. The first-order valence-corrected chi connectivity index (χ1v) is 2.34. The van der Waals surface area contributed by atoms with Crippen molar-refractivity contribution < 1.29 is 4.99 Å². The molecule has 2 heteroatoms. The van der Waals surface area contributed by atoms with Crippen LogP contribution in [-0.4, -0.2) is 24.7 Å². The Kier molecular flexibility index (Phi) is 1.11. The van der Waals surface area contributed by atoms with Gasteiger partial charge < -0.3 is 4.90 Å². The zero-order valence-corrected chi connectivity index (χ0v) is 4.39. The maximum absolute atomic E-state index is 2.97. The Balaban J connectivity index is 2.49. The second-order valence-corrected chi connectivity index (χ2v) is 1.63. The van der Waals surface area contributed by atoms with Crippen molar-refractivity contribution in [3.05, 3.63) is 12.4 Å². The molecule has 0 bridgehead atoms. The predicted molar refractivity (Wildman–Crippen MR) is 28.8 cm³/mol. The van der Waals surface area contributed by atoms with E-state index < -0.39 is 0 Å². The molecule has 1 N–H and O–H groups in total. The van der Waals surface area contributed by atoms with Gasteiger partial charge in [0.05, 0.1) is 12.7 Å². The summed E-state index contributed by atoms with van der Waals surface area (Å²) in [6, 6.07) is 0. The number of rotatable bonds is 0. The van der Waals surface area contributed by atoms with Crippen molar-refractivity contribution in [1.82, 2.24) is 4.90 Å². The number of nitrogens with one attached hydrogen (secondary N) is 1. The quantitative estimate of drug-likeness (QED) is 0.391. The fourth-order valence-corrected chi connectivity index (χ4v) is 0.496. The first-order valence-electron chi connectivity index (χ1n) is 2.34. The van der Waals surface area contributed by atoms with Crippen LogP contribution >= 0.6 is 0 Å². The molecule has 1 rings (SSSR count). The Morgan fingerprint density at radius 2 is 2.57 bits per heavy atom. The zero-order valence-electron chi connectivity index (χ0n) is 4.39. The maximum atomic E-state index is 2.97. The summed E-state index contributed by atoms with van der Waals surface area (Å²) in [5.41, 5.74) is 0. The fraction of sp³-hybridized carbons (Fsp3) is 0.400. The van der Waals surface area contributed by atoms with Gasteiger partial charge in [0.25, 0.3) is 0 Å². The van der Waals surface area contributed by atoms with E-state index >= 15 is 0 Å². The molecule has 1 heterocycles. The van der Waals surface area contributed by atoms with E-state index in [0.29, 0.717) is 0 Å². The SMILES string of the molecule is CN1C=C[NH+]=CC1. The molecular formula is C5H9N2+. The van der Waals surface area contributed by atoms with Crippen LogP contribution in [-0.2, 0) is 0 Å². The second kappa shape index (κ2) is 1.78. The van der Waals surface area contributed by atoms with Crippen molar-refractivity contribution in [2.45, 2.75) is 0 Å². The molecule has 38 valence electrons. The van der Waals surface area contributed by atoms with Gasteiger partial charge in [0.1, 0.15) is 0 Å². The number of nitrogens with zero attached hydrogens (tertiary/aromatic N) is 1.